The van der Waals surface area contributed by atoms with Gasteiger partial charge in [-0.3, -0.25) is 14.4 Å². The van der Waals surface area contributed by atoms with E-state index in [1.54, 1.807) is 0 Å². The molecule has 0 spiro atoms. The van der Waals surface area contributed by atoms with Gasteiger partial charge in [0.05, 0.1) is 0 Å². The van der Waals surface area contributed by atoms with Crippen molar-refractivity contribution in [1.29, 1.82) is 0 Å². The van der Waals surface area contributed by atoms with Gasteiger partial charge in [-0.05, 0) is 51.2 Å². The highest BCUT2D eigenvalue weighted by Crippen LogP contribution is 2.31. The van der Waals surface area contributed by atoms with Crippen LogP contribution in [0, 0.1) is 19.8 Å². The number of aryl methyl sites for hydroxylation is 2. The zero-order valence-corrected chi connectivity index (χ0v) is 15.5. The van der Waals surface area contributed by atoms with Gasteiger partial charge >= 0.3 is 0 Å². The van der Waals surface area contributed by atoms with E-state index in [4.69, 9.17) is 0 Å². The number of anilines is 1. The van der Waals surface area contributed by atoms with Crippen LogP contribution in [-0.2, 0) is 14.4 Å². The molecule has 3 amide bonds. The number of amides is 3. The van der Waals surface area contributed by atoms with Crippen molar-refractivity contribution in [3.8, 4) is 0 Å². The van der Waals surface area contributed by atoms with Gasteiger partial charge in [0.15, 0.2) is 0 Å². The van der Waals surface area contributed by atoms with Crippen molar-refractivity contribution in [2.24, 2.45) is 5.92 Å². The fourth-order valence-electron chi connectivity index (χ4n) is 3.46. The highest BCUT2D eigenvalue weighted by atomic mass is 16.2. The number of benzene rings is 1. The van der Waals surface area contributed by atoms with E-state index in [0.29, 0.717) is 6.54 Å². The zero-order valence-electron chi connectivity index (χ0n) is 15.5. The summed E-state index contributed by atoms with van der Waals surface area (Å²) in [6, 6.07) is 5.70. The lowest BCUT2D eigenvalue weighted by Crippen LogP contribution is -2.50. The average Bonchev–Trinajstić information content (AvgIpc) is 3.42. The normalized spacial score (nSPS) is 19.8. The Hall–Kier alpha value is -2.37. The lowest BCUT2D eigenvalue weighted by Gasteiger charge is -2.33. The second-order valence-corrected chi connectivity index (χ2v) is 7.51. The largest absolute Gasteiger partial charge is 0.351 e. The number of piperidine rings is 1. The molecule has 1 atom stereocenters. The minimum absolute atomic E-state index is 0.0622. The fraction of sp³-hybridized carbons (Fsp3) is 0.550. The third-order valence-corrected chi connectivity index (χ3v) is 5.00. The maximum absolute atomic E-state index is 12.2. The van der Waals surface area contributed by atoms with Crippen molar-refractivity contribution < 1.29 is 14.4 Å². The molecule has 26 heavy (non-hydrogen) atoms. The van der Waals surface area contributed by atoms with Crippen LogP contribution in [0.5, 0.6) is 0 Å². The third kappa shape index (κ3) is 4.84. The molecular formula is C20H27N3O3. The Morgan fingerprint density at radius 1 is 1.12 bits per heavy atom. The molecule has 2 N–H and O–H groups in total. The molecule has 0 aromatic heterocycles. The first-order valence-corrected chi connectivity index (χ1v) is 9.37. The van der Waals surface area contributed by atoms with Crippen LogP contribution in [0.3, 0.4) is 0 Å². The van der Waals surface area contributed by atoms with E-state index < -0.39 is 0 Å². The van der Waals surface area contributed by atoms with Crippen molar-refractivity contribution in [2.45, 2.75) is 52.0 Å². The molecule has 6 nitrogen and oxygen atoms in total. The maximum atomic E-state index is 12.2. The van der Waals surface area contributed by atoms with Gasteiger partial charge in [0, 0.05) is 30.7 Å². The van der Waals surface area contributed by atoms with Gasteiger partial charge in [-0.2, -0.15) is 0 Å². The SMILES string of the molecule is Cc1ccc(NC(=O)CC(=O)N[C@@H]2CCCN(C(=O)C3CC3)C2)c(C)c1. The molecule has 0 radical (unpaired) electrons. The van der Waals surface area contributed by atoms with Crippen molar-refractivity contribution in [1.82, 2.24) is 10.2 Å². The van der Waals surface area contributed by atoms with Crippen LogP contribution in [0.25, 0.3) is 0 Å². The average molecular weight is 357 g/mol. The van der Waals surface area contributed by atoms with Crippen molar-refractivity contribution in [3.63, 3.8) is 0 Å². The molecule has 1 aromatic carbocycles. The van der Waals surface area contributed by atoms with E-state index in [1.165, 1.54) is 0 Å². The van der Waals surface area contributed by atoms with Gasteiger partial charge in [0.2, 0.25) is 17.7 Å². The van der Waals surface area contributed by atoms with Crippen molar-refractivity contribution in [2.75, 3.05) is 18.4 Å². The van der Waals surface area contributed by atoms with E-state index in [0.717, 1.165) is 49.0 Å². The van der Waals surface area contributed by atoms with E-state index in [2.05, 4.69) is 10.6 Å². The Morgan fingerprint density at radius 3 is 2.58 bits per heavy atom. The number of rotatable bonds is 5. The molecule has 0 unspecified atom stereocenters. The van der Waals surface area contributed by atoms with Gasteiger partial charge in [0.25, 0.3) is 0 Å². The smallest absolute Gasteiger partial charge is 0.233 e. The molecule has 2 aliphatic rings. The summed E-state index contributed by atoms with van der Waals surface area (Å²) in [6.45, 7) is 5.25. The summed E-state index contributed by atoms with van der Waals surface area (Å²) >= 11 is 0. The van der Waals surface area contributed by atoms with E-state index in [9.17, 15) is 14.4 Å². The predicted octanol–water partition coefficient (Wildman–Crippen LogP) is 2.15. The quantitative estimate of drug-likeness (QED) is 0.793. The number of nitrogens with one attached hydrogen (secondary N) is 2. The first kappa shape index (κ1) is 18.4. The topological polar surface area (TPSA) is 78.5 Å². The summed E-state index contributed by atoms with van der Waals surface area (Å²) in [5.41, 5.74) is 2.83. The number of carbonyl (C=O) groups excluding carboxylic acids is 3. The molecule has 0 bridgehead atoms. The summed E-state index contributed by atoms with van der Waals surface area (Å²) in [7, 11) is 0. The summed E-state index contributed by atoms with van der Waals surface area (Å²) in [5.74, 6) is -0.196. The van der Waals surface area contributed by atoms with Crippen molar-refractivity contribution >= 4 is 23.4 Å². The minimum Gasteiger partial charge on any atom is -0.351 e. The first-order chi connectivity index (χ1) is 12.4. The van der Waals surface area contributed by atoms with Gasteiger partial charge in [-0.1, -0.05) is 17.7 Å². The molecule has 140 valence electrons. The van der Waals surface area contributed by atoms with Crippen LogP contribution >= 0.6 is 0 Å². The standard InChI is InChI=1S/C20H27N3O3/c1-13-5-8-17(14(2)10-13)22-19(25)11-18(24)21-16-4-3-9-23(12-16)20(26)15-6-7-15/h5,8,10,15-16H,3-4,6-7,9,11-12H2,1-2H3,(H,21,24)(H,22,25)/t16-/m1/s1. The Bertz CT molecular complexity index is 712. The Balaban J connectivity index is 1.46. The van der Waals surface area contributed by atoms with Gasteiger partial charge in [-0.25, -0.2) is 0 Å². The molecular weight excluding hydrogens is 330 g/mol. The lowest BCUT2D eigenvalue weighted by atomic mass is 10.0. The van der Waals surface area contributed by atoms with Crippen LogP contribution in [0.2, 0.25) is 0 Å². The molecule has 1 saturated carbocycles. The third-order valence-electron chi connectivity index (χ3n) is 5.00. The summed E-state index contributed by atoms with van der Waals surface area (Å²) in [4.78, 5) is 38.4. The molecule has 6 heteroatoms. The van der Waals surface area contributed by atoms with Crippen LogP contribution in [0.4, 0.5) is 5.69 Å². The first-order valence-electron chi connectivity index (χ1n) is 9.37. The molecule has 2 fully saturated rings. The fourth-order valence-corrected chi connectivity index (χ4v) is 3.46. The number of carbonyl (C=O) groups is 3. The molecule has 1 aromatic rings. The molecule has 3 rings (SSSR count). The minimum atomic E-state index is -0.323. The molecule has 1 heterocycles. The highest BCUT2D eigenvalue weighted by Gasteiger charge is 2.35. The second kappa shape index (κ2) is 7.89. The Morgan fingerprint density at radius 2 is 1.88 bits per heavy atom. The molecule has 1 saturated heterocycles. The second-order valence-electron chi connectivity index (χ2n) is 7.51. The van der Waals surface area contributed by atoms with Gasteiger partial charge in [-0.15, -0.1) is 0 Å². The van der Waals surface area contributed by atoms with Crippen LogP contribution in [0.1, 0.15) is 43.2 Å². The van der Waals surface area contributed by atoms with E-state index in [-0.39, 0.29) is 36.1 Å². The van der Waals surface area contributed by atoms with Crippen LogP contribution < -0.4 is 10.6 Å². The summed E-state index contributed by atoms with van der Waals surface area (Å²) in [6.07, 6.45) is 3.51. The van der Waals surface area contributed by atoms with Crippen LogP contribution in [0.15, 0.2) is 18.2 Å². The van der Waals surface area contributed by atoms with Gasteiger partial charge < -0.3 is 15.5 Å². The van der Waals surface area contributed by atoms with E-state index >= 15 is 0 Å². The monoisotopic (exact) mass is 357 g/mol. The molecule has 1 aliphatic heterocycles. The summed E-state index contributed by atoms with van der Waals surface area (Å²) in [5, 5.41) is 5.70. The number of nitrogens with zero attached hydrogens (tertiary/aromatic N) is 1. The van der Waals surface area contributed by atoms with Gasteiger partial charge in [0.1, 0.15) is 6.42 Å². The number of hydrogen-bond donors (Lipinski definition) is 2. The summed E-state index contributed by atoms with van der Waals surface area (Å²) < 4.78 is 0. The number of likely N-dealkylation sites (tertiary alicyclic amines) is 1. The maximum Gasteiger partial charge on any atom is 0.233 e. The highest BCUT2D eigenvalue weighted by molar-refractivity contribution is 6.03. The van der Waals surface area contributed by atoms with Crippen molar-refractivity contribution in [3.05, 3.63) is 29.3 Å². The van der Waals surface area contributed by atoms with E-state index in [1.807, 2.05) is 36.9 Å². The van der Waals surface area contributed by atoms with Crippen LogP contribution in [-0.4, -0.2) is 41.8 Å². The lowest BCUT2D eigenvalue weighted by molar-refractivity contribution is -0.135. The Kier molecular flexibility index (Phi) is 5.59. The Labute approximate surface area is 154 Å². The zero-order chi connectivity index (χ0) is 18.7. The predicted molar refractivity (Wildman–Crippen MR) is 99.6 cm³/mol. The molecule has 1 aliphatic carbocycles. The number of hydrogen-bond acceptors (Lipinski definition) is 3.